The number of aryl methyl sites for hydroxylation is 1. The highest BCUT2D eigenvalue weighted by molar-refractivity contribution is 5.96. The van der Waals surface area contributed by atoms with Crippen LogP contribution in [-0.4, -0.2) is 66.3 Å². The van der Waals surface area contributed by atoms with Crippen LogP contribution in [0.4, 0.5) is 0 Å². The average Bonchev–Trinajstić information content (AvgIpc) is 3.47. The van der Waals surface area contributed by atoms with Crippen LogP contribution in [-0.2, 0) is 20.8 Å². The maximum absolute atomic E-state index is 14.4. The van der Waals surface area contributed by atoms with Crippen molar-refractivity contribution in [2.45, 2.75) is 94.9 Å². The van der Waals surface area contributed by atoms with Crippen LogP contribution in [0.2, 0.25) is 0 Å². The molecule has 5 atom stereocenters. The molecular weight excluding hydrogens is 542 g/mol. The Hall–Kier alpha value is -3.72. The number of fused-ring (bicyclic) bond motifs is 1. The fraction of sp³-hybridized carbons (Fsp3) is 0.529. The van der Waals surface area contributed by atoms with Crippen molar-refractivity contribution in [1.82, 2.24) is 26.2 Å². The van der Waals surface area contributed by atoms with Crippen LogP contribution in [0, 0.1) is 5.92 Å². The molecule has 4 N–H and O–H groups in total. The summed E-state index contributed by atoms with van der Waals surface area (Å²) in [5.41, 5.74) is 2.89. The van der Waals surface area contributed by atoms with E-state index < -0.39 is 24.2 Å². The number of likely N-dealkylation sites (tertiary alicyclic amines) is 1. The third kappa shape index (κ3) is 7.26. The molecule has 1 aliphatic heterocycles. The molecule has 9 nitrogen and oxygen atoms in total. The molecule has 5 rings (SSSR count). The molecule has 1 heterocycles. The van der Waals surface area contributed by atoms with Gasteiger partial charge in [0.2, 0.25) is 17.7 Å². The maximum Gasteiger partial charge on any atom is 0.251 e. The summed E-state index contributed by atoms with van der Waals surface area (Å²) in [5, 5.41) is 12.3. The summed E-state index contributed by atoms with van der Waals surface area (Å²) in [5.74, 6) is -0.936. The maximum atomic E-state index is 14.4. The van der Waals surface area contributed by atoms with Crippen molar-refractivity contribution in [1.29, 1.82) is 0 Å². The summed E-state index contributed by atoms with van der Waals surface area (Å²) in [6.07, 6.45) is 7.93. The molecule has 0 radical (unpaired) electrons. The summed E-state index contributed by atoms with van der Waals surface area (Å²) in [4.78, 5) is 56.1. The minimum absolute atomic E-state index is 0.00106. The van der Waals surface area contributed by atoms with Gasteiger partial charge in [0.05, 0.1) is 12.1 Å². The number of hydrogen-bond donors (Lipinski definition) is 4. The van der Waals surface area contributed by atoms with Crippen LogP contribution in [0.25, 0.3) is 0 Å². The van der Waals surface area contributed by atoms with Crippen molar-refractivity contribution >= 4 is 23.6 Å². The van der Waals surface area contributed by atoms with E-state index in [4.69, 9.17) is 0 Å². The molecule has 1 saturated heterocycles. The minimum atomic E-state index is -0.757. The predicted molar refractivity (Wildman–Crippen MR) is 165 cm³/mol. The van der Waals surface area contributed by atoms with Gasteiger partial charge >= 0.3 is 0 Å². The van der Waals surface area contributed by atoms with Gasteiger partial charge in [-0.05, 0) is 81.7 Å². The van der Waals surface area contributed by atoms with E-state index in [1.807, 2.05) is 18.2 Å². The largest absolute Gasteiger partial charge is 0.347 e. The molecule has 230 valence electrons. The van der Waals surface area contributed by atoms with Gasteiger partial charge in [-0.1, -0.05) is 61.7 Å². The highest BCUT2D eigenvalue weighted by atomic mass is 16.2. The Morgan fingerprint density at radius 2 is 1.58 bits per heavy atom. The quantitative estimate of drug-likeness (QED) is 0.359. The number of benzene rings is 2. The molecule has 2 fully saturated rings. The Morgan fingerprint density at radius 1 is 0.860 bits per heavy atom. The molecule has 9 heteroatoms. The Morgan fingerprint density at radius 3 is 2.33 bits per heavy atom. The zero-order valence-electron chi connectivity index (χ0n) is 25.3. The Kier molecular flexibility index (Phi) is 10.1. The summed E-state index contributed by atoms with van der Waals surface area (Å²) in [6.45, 7) is 1.97. The summed E-state index contributed by atoms with van der Waals surface area (Å²) in [6, 6.07) is 14.7. The van der Waals surface area contributed by atoms with Gasteiger partial charge in [-0.25, -0.2) is 0 Å². The Labute approximate surface area is 254 Å². The first kappa shape index (κ1) is 30.7. The van der Waals surface area contributed by atoms with E-state index in [1.165, 1.54) is 5.56 Å². The van der Waals surface area contributed by atoms with E-state index in [0.29, 0.717) is 12.0 Å². The van der Waals surface area contributed by atoms with Crippen LogP contribution in [0.15, 0.2) is 54.6 Å². The van der Waals surface area contributed by atoms with Gasteiger partial charge in [0.25, 0.3) is 5.91 Å². The highest BCUT2D eigenvalue weighted by Crippen LogP contribution is 2.32. The normalized spacial score (nSPS) is 23.5. The van der Waals surface area contributed by atoms with Crippen molar-refractivity contribution < 1.29 is 19.2 Å². The van der Waals surface area contributed by atoms with E-state index in [2.05, 4.69) is 33.4 Å². The number of nitrogens with one attached hydrogen (secondary N) is 4. The Bertz CT molecular complexity index is 1290. The molecule has 2 aliphatic carbocycles. The lowest BCUT2D eigenvalue weighted by molar-refractivity contribution is -0.143. The smallest absolute Gasteiger partial charge is 0.251 e. The molecule has 2 aromatic carbocycles. The zero-order chi connectivity index (χ0) is 30.3. The van der Waals surface area contributed by atoms with E-state index in [1.54, 1.807) is 43.1 Å². The second-order valence-electron chi connectivity index (χ2n) is 12.3. The monoisotopic (exact) mass is 587 g/mol. The number of carbonyl (C=O) groups excluding carboxylic acids is 4. The van der Waals surface area contributed by atoms with Gasteiger partial charge in [0.1, 0.15) is 12.1 Å². The molecule has 2 aromatic rings. The van der Waals surface area contributed by atoms with Crippen LogP contribution < -0.4 is 21.3 Å². The fourth-order valence-corrected chi connectivity index (χ4v) is 6.90. The average molecular weight is 588 g/mol. The van der Waals surface area contributed by atoms with Crippen LogP contribution in [0.1, 0.15) is 85.8 Å². The van der Waals surface area contributed by atoms with Crippen LogP contribution >= 0.6 is 0 Å². The van der Waals surface area contributed by atoms with Crippen molar-refractivity contribution in [3.63, 3.8) is 0 Å². The molecule has 0 bridgehead atoms. The Balaban J connectivity index is 1.39. The molecule has 3 aliphatic rings. The topological polar surface area (TPSA) is 120 Å². The zero-order valence-corrected chi connectivity index (χ0v) is 25.3. The highest BCUT2D eigenvalue weighted by Gasteiger charge is 2.45. The lowest BCUT2D eigenvalue weighted by atomic mass is 9.83. The first-order chi connectivity index (χ1) is 20.9. The molecule has 0 unspecified atom stereocenters. The van der Waals surface area contributed by atoms with E-state index >= 15 is 0 Å². The number of rotatable bonds is 9. The summed E-state index contributed by atoms with van der Waals surface area (Å²) >= 11 is 0. The molecule has 4 amide bonds. The van der Waals surface area contributed by atoms with E-state index in [0.717, 1.165) is 56.9 Å². The third-order valence-corrected chi connectivity index (χ3v) is 9.46. The minimum Gasteiger partial charge on any atom is -0.347 e. The lowest BCUT2D eigenvalue weighted by Crippen LogP contribution is -2.58. The van der Waals surface area contributed by atoms with Gasteiger partial charge in [-0.3, -0.25) is 19.2 Å². The third-order valence-electron chi connectivity index (χ3n) is 9.46. The second kappa shape index (κ2) is 14.2. The number of nitrogens with zero attached hydrogens (tertiary/aromatic N) is 1. The first-order valence-electron chi connectivity index (χ1n) is 15.9. The summed E-state index contributed by atoms with van der Waals surface area (Å²) in [7, 11) is 1.71. The van der Waals surface area contributed by atoms with Gasteiger partial charge in [-0.15, -0.1) is 0 Å². The van der Waals surface area contributed by atoms with Crippen molar-refractivity contribution in [3.8, 4) is 0 Å². The number of hydrogen-bond acceptors (Lipinski definition) is 5. The van der Waals surface area contributed by atoms with Gasteiger partial charge in [0.15, 0.2) is 0 Å². The van der Waals surface area contributed by atoms with Gasteiger partial charge in [-0.2, -0.15) is 0 Å². The van der Waals surface area contributed by atoms with Crippen LogP contribution in [0.3, 0.4) is 0 Å². The van der Waals surface area contributed by atoms with Crippen molar-refractivity contribution in [2.24, 2.45) is 5.92 Å². The van der Waals surface area contributed by atoms with Crippen LogP contribution in [0.5, 0.6) is 0 Å². The predicted octanol–water partition coefficient (Wildman–Crippen LogP) is 3.25. The van der Waals surface area contributed by atoms with E-state index in [9.17, 15) is 19.2 Å². The van der Waals surface area contributed by atoms with Gasteiger partial charge < -0.3 is 26.2 Å². The molecule has 0 aromatic heterocycles. The lowest BCUT2D eigenvalue weighted by Gasteiger charge is -2.35. The SMILES string of the molecule is CN[C@@H](C)C(=O)N[C@H](C(=O)N1C[C@@H](NC(=O)c2ccccc2)C[C@H]1C(=O)N[C@@H]1CCCc2ccccc21)C1CCCCC1. The van der Waals surface area contributed by atoms with E-state index in [-0.39, 0.29) is 42.1 Å². The molecule has 43 heavy (non-hydrogen) atoms. The molecular formula is C34H45N5O4. The van der Waals surface area contributed by atoms with Crippen molar-refractivity contribution in [2.75, 3.05) is 13.6 Å². The fourth-order valence-electron chi connectivity index (χ4n) is 6.90. The standard InChI is InChI=1S/C34H45N5O4/c1-22(35-2)31(40)38-30(24-13-5-3-6-14-24)34(43)39-21-26(36-32(41)25-15-7-4-8-16-25)20-29(39)33(42)37-28-19-11-17-23-12-9-10-18-27(23)28/h4,7-10,12,15-16,18,22,24,26,28-30,35H,3,5-6,11,13-14,17,19-21H2,1-2H3,(H,36,41)(H,37,42)(H,38,40)/t22-,26-,28+,29-,30-/m0/s1. The number of amides is 4. The molecule has 0 spiro atoms. The number of likely N-dealkylation sites (N-methyl/N-ethyl adjacent to an activating group) is 1. The first-order valence-corrected chi connectivity index (χ1v) is 15.9. The number of carbonyl (C=O) groups is 4. The van der Waals surface area contributed by atoms with Gasteiger partial charge in [0, 0.05) is 18.2 Å². The second-order valence-corrected chi connectivity index (χ2v) is 12.3. The van der Waals surface area contributed by atoms with Crippen molar-refractivity contribution in [3.05, 3.63) is 71.3 Å². The summed E-state index contributed by atoms with van der Waals surface area (Å²) < 4.78 is 0. The molecule has 1 saturated carbocycles.